The summed E-state index contributed by atoms with van der Waals surface area (Å²) in [4.78, 5) is 9.09. The van der Waals surface area contributed by atoms with E-state index in [2.05, 4.69) is 28.7 Å². The number of pyridine rings is 1. The maximum atomic E-state index is 5.39. The van der Waals surface area contributed by atoms with Gasteiger partial charge in [-0.25, -0.2) is 4.98 Å². The van der Waals surface area contributed by atoms with Gasteiger partial charge in [-0.2, -0.15) is 12.6 Å². The Morgan fingerprint density at radius 3 is 2.74 bits per heavy atom. The summed E-state index contributed by atoms with van der Waals surface area (Å²) in [7, 11) is 1.66. The molecule has 4 heteroatoms. The monoisotopic (exact) mass is 274 g/mol. The van der Waals surface area contributed by atoms with Crippen molar-refractivity contribution in [2.45, 2.75) is 13.8 Å². The van der Waals surface area contributed by atoms with Crippen molar-refractivity contribution in [2.75, 3.05) is 19.4 Å². The Morgan fingerprint density at radius 1 is 1.32 bits per heavy atom. The average Bonchev–Trinajstić information content (AvgIpc) is 2.43. The largest absolute Gasteiger partial charge is 0.494 e. The van der Waals surface area contributed by atoms with Crippen LogP contribution in [0.15, 0.2) is 29.3 Å². The number of ether oxygens (including phenoxy) is 1. The Labute approximate surface area is 119 Å². The molecule has 0 amide bonds. The highest BCUT2D eigenvalue weighted by atomic mass is 32.1. The fraction of sp³-hybridized carbons (Fsp3) is 0.333. The van der Waals surface area contributed by atoms with E-state index in [1.807, 2.05) is 32.0 Å². The maximum Gasteiger partial charge on any atom is 0.145 e. The quantitative estimate of drug-likeness (QED) is 0.686. The first-order valence-electron chi connectivity index (χ1n) is 6.30. The first-order chi connectivity index (χ1) is 9.21. The highest BCUT2D eigenvalue weighted by molar-refractivity contribution is 7.81. The molecule has 0 aliphatic carbocycles. The summed E-state index contributed by atoms with van der Waals surface area (Å²) < 4.78 is 5.39. The molecular weight excluding hydrogens is 256 g/mol. The van der Waals surface area contributed by atoms with E-state index >= 15 is 0 Å². The van der Waals surface area contributed by atoms with Crippen molar-refractivity contribution in [3.05, 3.63) is 35.5 Å². The molecule has 3 nitrogen and oxygen atoms in total. The summed E-state index contributed by atoms with van der Waals surface area (Å²) >= 11 is 4.37. The van der Waals surface area contributed by atoms with Crippen molar-refractivity contribution in [1.29, 1.82) is 0 Å². The number of methoxy groups -OCH3 is 1. The Morgan fingerprint density at radius 2 is 2.11 bits per heavy atom. The van der Waals surface area contributed by atoms with E-state index in [1.54, 1.807) is 7.11 Å². The highest BCUT2D eigenvalue weighted by Gasteiger charge is 2.11. The zero-order valence-electron chi connectivity index (χ0n) is 11.5. The van der Waals surface area contributed by atoms with Gasteiger partial charge in [0.05, 0.1) is 12.8 Å². The van der Waals surface area contributed by atoms with Gasteiger partial charge in [0.15, 0.2) is 0 Å². The van der Waals surface area contributed by atoms with Crippen molar-refractivity contribution in [2.24, 2.45) is 4.99 Å². The lowest BCUT2D eigenvalue weighted by molar-refractivity contribution is 0.419. The molecule has 0 N–H and O–H groups in total. The molecule has 2 rings (SSSR count). The molecule has 0 saturated carbocycles. The zero-order chi connectivity index (χ0) is 13.8. The van der Waals surface area contributed by atoms with Crippen molar-refractivity contribution in [3.8, 4) is 5.75 Å². The molecule has 1 aromatic heterocycles. The predicted molar refractivity (Wildman–Crippen MR) is 84.0 cm³/mol. The number of aliphatic imine (C=N–C) groups is 1. The third-order valence-corrected chi connectivity index (χ3v) is 3.29. The van der Waals surface area contributed by atoms with E-state index in [0.717, 1.165) is 40.2 Å². The molecule has 0 fully saturated rings. The van der Waals surface area contributed by atoms with Crippen LogP contribution < -0.4 is 4.74 Å². The number of thiol groups is 1. The van der Waals surface area contributed by atoms with Crippen LogP contribution in [0.4, 0.5) is 0 Å². The third-order valence-electron chi connectivity index (χ3n) is 2.99. The molecular formula is C15H18N2OS. The van der Waals surface area contributed by atoms with Crippen molar-refractivity contribution in [3.63, 3.8) is 0 Å². The van der Waals surface area contributed by atoms with E-state index in [4.69, 9.17) is 4.74 Å². The number of hydrogen-bond donors (Lipinski definition) is 1. The number of nitrogens with zero attached hydrogens (tertiary/aromatic N) is 2. The smallest absolute Gasteiger partial charge is 0.145 e. The summed E-state index contributed by atoms with van der Waals surface area (Å²) in [5.74, 6) is 1.40. The third kappa shape index (κ3) is 2.73. The van der Waals surface area contributed by atoms with Gasteiger partial charge in [-0.1, -0.05) is 6.07 Å². The number of rotatable bonds is 4. The standard InChI is InChI=1S/C15H18N2OS/c1-4-16-13(9-19)11-7-8-14(18-3)15-12(11)6-5-10(2)17-15/h5-8,19H,4,9H2,1-3H3. The number of hydrogen-bond acceptors (Lipinski definition) is 4. The molecule has 19 heavy (non-hydrogen) atoms. The van der Waals surface area contributed by atoms with Gasteiger partial charge in [0.25, 0.3) is 0 Å². The first-order valence-corrected chi connectivity index (χ1v) is 6.93. The normalized spacial score (nSPS) is 11.9. The Hall–Kier alpha value is -1.55. The molecule has 2 aromatic rings. The summed E-state index contributed by atoms with van der Waals surface area (Å²) in [5, 5.41) is 1.06. The fourth-order valence-electron chi connectivity index (χ4n) is 2.12. The van der Waals surface area contributed by atoms with Gasteiger partial charge >= 0.3 is 0 Å². The van der Waals surface area contributed by atoms with E-state index in [-0.39, 0.29) is 0 Å². The first kappa shape index (κ1) is 13.9. The molecule has 1 aromatic carbocycles. The van der Waals surface area contributed by atoms with Crippen LogP contribution in [0.5, 0.6) is 5.75 Å². The summed E-state index contributed by atoms with van der Waals surface area (Å²) in [5.41, 5.74) is 3.93. The van der Waals surface area contributed by atoms with E-state index in [0.29, 0.717) is 5.75 Å². The van der Waals surface area contributed by atoms with Crippen LogP contribution in [0.1, 0.15) is 18.2 Å². The minimum Gasteiger partial charge on any atom is -0.494 e. The minimum atomic E-state index is 0.614. The number of aryl methyl sites for hydroxylation is 1. The average molecular weight is 274 g/mol. The molecule has 1 heterocycles. The topological polar surface area (TPSA) is 34.5 Å². The van der Waals surface area contributed by atoms with Crippen LogP contribution >= 0.6 is 12.6 Å². The molecule has 0 aliphatic heterocycles. The predicted octanol–water partition coefficient (Wildman–Crippen LogP) is 3.29. The second-order valence-corrected chi connectivity index (χ2v) is 4.56. The van der Waals surface area contributed by atoms with Gasteiger partial charge < -0.3 is 4.74 Å². The van der Waals surface area contributed by atoms with Gasteiger partial charge in [0.2, 0.25) is 0 Å². The Kier molecular flexibility index (Phi) is 4.43. The SMILES string of the molecule is CCN=C(CS)c1ccc(OC)c2nc(C)ccc12. The van der Waals surface area contributed by atoms with Crippen LogP contribution in [0, 0.1) is 6.92 Å². The zero-order valence-corrected chi connectivity index (χ0v) is 12.4. The van der Waals surface area contributed by atoms with Crippen molar-refractivity contribution >= 4 is 29.2 Å². The molecule has 0 bridgehead atoms. The number of aromatic nitrogens is 1. The van der Waals surface area contributed by atoms with Crippen LogP contribution in [0.25, 0.3) is 10.9 Å². The molecule has 100 valence electrons. The lowest BCUT2D eigenvalue weighted by atomic mass is 10.0. The lowest BCUT2D eigenvalue weighted by Gasteiger charge is -2.11. The van der Waals surface area contributed by atoms with Crippen LogP contribution in [0.2, 0.25) is 0 Å². The maximum absolute atomic E-state index is 5.39. The molecule has 0 atom stereocenters. The van der Waals surface area contributed by atoms with E-state index < -0.39 is 0 Å². The van der Waals surface area contributed by atoms with Crippen LogP contribution in [-0.4, -0.2) is 30.1 Å². The molecule has 0 saturated heterocycles. The summed E-state index contributed by atoms with van der Waals surface area (Å²) in [6, 6.07) is 8.05. The minimum absolute atomic E-state index is 0.614. The van der Waals surface area contributed by atoms with E-state index in [9.17, 15) is 0 Å². The van der Waals surface area contributed by atoms with Gasteiger partial charge in [0.1, 0.15) is 11.3 Å². The highest BCUT2D eigenvalue weighted by Crippen LogP contribution is 2.27. The van der Waals surface area contributed by atoms with Crippen molar-refractivity contribution < 1.29 is 4.74 Å². The number of benzene rings is 1. The van der Waals surface area contributed by atoms with Crippen molar-refractivity contribution in [1.82, 2.24) is 4.98 Å². The molecule has 0 radical (unpaired) electrons. The lowest BCUT2D eigenvalue weighted by Crippen LogP contribution is -2.05. The Balaban J connectivity index is 2.73. The fourth-order valence-corrected chi connectivity index (χ4v) is 2.39. The van der Waals surface area contributed by atoms with Crippen LogP contribution in [-0.2, 0) is 0 Å². The number of fused-ring (bicyclic) bond motifs is 1. The second-order valence-electron chi connectivity index (χ2n) is 4.24. The Bertz CT molecular complexity index is 623. The van der Waals surface area contributed by atoms with E-state index in [1.165, 1.54) is 0 Å². The van der Waals surface area contributed by atoms with Gasteiger partial charge in [0, 0.05) is 28.9 Å². The second kappa shape index (κ2) is 6.06. The molecule has 0 spiro atoms. The van der Waals surface area contributed by atoms with Gasteiger partial charge in [-0.05, 0) is 32.0 Å². The summed E-state index contributed by atoms with van der Waals surface area (Å²) in [6.45, 7) is 4.76. The molecule has 0 aliphatic rings. The van der Waals surface area contributed by atoms with Gasteiger partial charge in [-0.3, -0.25) is 4.99 Å². The summed E-state index contributed by atoms with van der Waals surface area (Å²) in [6.07, 6.45) is 0. The van der Waals surface area contributed by atoms with Crippen LogP contribution in [0.3, 0.4) is 0 Å². The van der Waals surface area contributed by atoms with Gasteiger partial charge in [-0.15, -0.1) is 0 Å². The molecule has 0 unspecified atom stereocenters.